The number of rotatable bonds is 6. The van der Waals surface area contributed by atoms with Crippen LogP contribution in [0.15, 0.2) is 42.5 Å². The van der Waals surface area contributed by atoms with Crippen LogP contribution in [0.3, 0.4) is 0 Å². The number of amides is 1. The van der Waals surface area contributed by atoms with Crippen molar-refractivity contribution in [3.63, 3.8) is 0 Å². The number of hydrogen-bond acceptors (Lipinski definition) is 2. The Morgan fingerprint density at radius 3 is 2.39 bits per heavy atom. The topological polar surface area (TPSA) is 66.4 Å². The molecule has 0 heterocycles. The van der Waals surface area contributed by atoms with Crippen LogP contribution in [0.2, 0.25) is 0 Å². The minimum atomic E-state index is -1.10. The molecule has 0 spiro atoms. The van der Waals surface area contributed by atoms with Crippen molar-refractivity contribution in [3.05, 3.63) is 64.7 Å². The largest absolute Gasteiger partial charge is 0.478 e. The molecule has 0 radical (unpaired) electrons. The molecule has 0 aliphatic heterocycles. The maximum Gasteiger partial charge on any atom is 0.336 e. The smallest absolute Gasteiger partial charge is 0.336 e. The van der Waals surface area contributed by atoms with E-state index < -0.39 is 11.9 Å². The molecule has 2 aromatic rings. The molecule has 0 aliphatic carbocycles. The van der Waals surface area contributed by atoms with Crippen molar-refractivity contribution in [1.29, 1.82) is 0 Å². The molecule has 23 heavy (non-hydrogen) atoms. The average Bonchev–Trinajstić information content (AvgIpc) is 2.53. The normalized spacial score (nSPS) is 10.3. The van der Waals surface area contributed by atoms with Crippen LogP contribution in [0.4, 0.5) is 5.69 Å². The average molecular weight is 311 g/mol. The van der Waals surface area contributed by atoms with Crippen LogP contribution in [-0.2, 0) is 6.42 Å². The molecule has 4 heteroatoms. The highest BCUT2D eigenvalue weighted by Gasteiger charge is 2.18. The highest BCUT2D eigenvalue weighted by atomic mass is 16.4. The first kappa shape index (κ1) is 16.7. The number of carbonyl (C=O) groups is 2. The first-order valence-corrected chi connectivity index (χ1v) is 7.76. The maximum atomic E-state index is 12.4. The van der Waals surface area contributed by atoms with Gasteiger partial charge in [0.05, 0.1) is 11.1 Å². The molecule has 120 valence electrons. The lowest BCUT2D eigenvalue weighted by Gasteiger charge is -2.11. The Labute approximate surface area is 136 Å². The second-order valence-corrected chi connectivity index (χ2v) is 5.56. The Balaban J connectivity index is 2.18. The molecular weight excluding hydrogens is 290 g/mol. The number of carboxylic acid groups (broad SMARTS) is 1. The minimum absolute atomic E-state index is 0.0158. The predicted molar refractivity (Wildman–Crippen MR) is 91.1 cm³/mol. The standard InChI is InChI=1S/C19H21NO3/c1-3-4-7-14-9-11-15(12-10-14)20-18(21)17-13(2)6-5-8-16(17)19(22)23/h5-6,8-12H,3-4,7H2,1-2H3,(H,20,21)(H,22,23). The number of carboxylic acids is 1. The molecule has 2 rings (SSSR count). The first-order chi connectivity index (χ1) is 11.0. The SMILES string of the molecule is CCCCc1ccc(NC(=O)c2c(C)cccc2C(=O)O)cc1. The van der Waals surface area contributed by atoms with Crippen LogP contribution in [0.1, 0.15) is 51.6 Å². The molecular formula is C19H21NO3. The number of nitrogens with one attached hydrogen (secondary N) is 1. The van der Waals surface area contributed by atoms with Crippen LogP contribution in [0, 0.1) is 6.92 Å². The maximum absolute atomic E-state index is 12.4. The van der Waals surface area contributed by atoms with Gasteiger partial charge in [-0.15, -0.1) is 0 Å². The van der Waals surface area contributed by atoms with Crippen molar-refractivity contribution in [2.24, 2.45) is 0 Å². The van der Waals surface area contributed by atoms with Gasteiger partial charge in [-0.3, -0.25) is 4.79 Å². The monoisotopic (exact) mass is 311 g/mol. The molecule has 1 amide bonds. The van der Waals surface area contributed by atoms with Crippen molar-refractivity contribution in [3.8, 4) is 0 Å². The van der Waals surface area contributed by atoms with E-state index in [1.54, 1.807) is 19.1 Å². The first-order valence-electron chi connectivity index (χ1n) is 7.76. The zero-order chi connectivity index (χ0) is 16.8. The van der Waals surface area contributed by atoms with Gasteiger partial charge in [-0.2, -0.15) is 0 Å². The molecule has 0 saturated heterocycles. The van der Waals surface area contributed by atoms with E-state index in [0.29, 0.717) is 11.3 Å². The number of benzene rings is 2. The van der Waals surface area contributed by atoms with E-state index >= 15 is 0 Å². The van der Waals surface area contributed by atoms with Gasteiger partial charge in [-0.05, 0) is 49.1 Å². The van der Waals surface area contributed by atoms with Crippen molar-refractivity contribution in [2.45, 2.75) is 33.1 Å². The van der Waals surface area contributed by atoms with Gasteiger partial charge >= 0.3 is 5.97 Å². The highest BCUT2D eigenvalue weighted by Crippen LogP contribution is 2.18. The number of hydrogen-bond donors (Lipinski definition) is 2. The van der Waals surface area contributed by atoms with Gasteiger partial charge in [0, 0.05) is 5.69 Å². The zero-order valence-corrected chi connectivity index (χ0v) is 13.4. The van der Waals surface area contributed by atoms with Gasteiger partial charge in [-0.1, -0.05) is 37.6 Å². The minimum Gasteiger partial charge on any atom is -0.478 e. The van der Waals surface area contributed by atoms with E-state index in [4.69, 9.17) is 0 Å². The summed E-state index contributed by atoms with van der Waals surface area (Å²) in [6.45, 7) is 3.88. The Hall–Kier alpha value is -2.62. The van der Waals surface area contributed by atoms with Gasteiger partial charge < -0.3 is 10.4 Å². The van der Waals surface area contributed by atoms with E-state index in [9.17, 15) is 14.7 Å². The van der Waals surface area contributed by atoms with Crippen molar-refractivity contribution < 1.29 is 14.7 Å². The molecule has 2 aromatic carbocycles. The van der Waals surface area contributed by atoms with Gasteiger partial charge in [0.25, 0.3) is 5.91 Å². The van der Waals surface area contributed by atoms with Crippen molar-refractivity contribution >= 4 is 17.6 Å². The number of aryl methyl sites for hydroxylation is 2. The highest BCUT2D eigenvalue weighted by molar-refractivity contribution is 6.11. The molecule has 0 atom stereocenters. The lowest BCUT2D eigenvalue weighted by atomic mass is 10.0. The number of unbranched alkanes of at least 4 members (excludes halogenated alkanes) is 1. The molecule has 4 nitrogen and oxygen atoms in total. The fourth-order valence-corrected chi connectivity index (χ4v) is 2.48. The molecule has 0 aromatic heterocycles. The summed E-state index contributed by atoms with van der Waals surface area (Å²) in [6, 6.07) is 12.5. The summed E-state index contributed by atoms with van der Waals surface area (Å²) in [5.41, 5.74) is 2.75. The Kier molecular flexibility index (Phi) is 5.52. The Morgan fingerprint density at radius 1 is 1.09 bits per heavy atom. The van der Waals surface area contributed by atoms with Gasteiger partial charge in [0.1, 0.15) is 0 Å². The fourth-order valence-electron chi connectivity index (χ4n) is 2.48. The van der Waals surface area contributed by atoms with E-state index in [1.165, 1.54) is 11.6 Å². The number of carbonyl (C=O) groups excluding carboxylic acids is 1. The molecule has 2 N–H and O–H groups in total. The van der Waals surface area contributed by atoms with Gasteiger partial charge in [0.2, 0.25) is 0 Å². The van der Waals surface area contributed by atoms with E-state index in [0.717, 1.165) is 19.3 Å². The third-order valence-corrected chi connectivity index (χ3v) is 3.76. The summed E-state index contributed by atoms with van der Waals surface area (Å²) < 4.78 is 0. The van der Waals surface area contributed by atoms with Crippen LogP contribution >= 0.6 is 0 Å². The van der Waals surface area contributed by atoms with Crippen molar-refractivity contribution in [2.75, 3.05) is 5.32 Å². The number of anilines is 1. The summed E-state index contributed by atoms with van der Waals surface area (Å²) in [4.78, 5) is 23.7. The van der Waals surface area contributed by atoms with Crippen molar-refractivity contribution in [1.82, 2.24) is 0 Å². The summed E-state index contributed by atoms with van der Waals surface area (Å²) in [7, 11) is 0. The van der Waals surface area contributed by atoms with E-state index in [-0.39, 0.29) is 11.1 Å². The summed E-state index contributed by atoms with van der Waals surface area (Å²) in [5, 5.41) is 12.0. The zero-order valence-electron chi connectivity index (χ0n) is 13.4. The third-order valence-electron chi connectivity index (χ3n) is 3.76. The van der Waals surface area contributed by atoms with Crippen LogP contribution in [-0.4, -0.2) is 17.0 Å². The summed E-state index contributed by atoms with van der Waals surface area (Å²) in [6.07, 6.45) is 3.30. The molecule has 0 fully saturated rings. The quantitative estimate of drug-likeness (QED) is 0.836. The molecule has 0 bridgehead atoms. The van der Waals surface area contributed by atoms with E-state index in [2.05, 4.69) is 12.2 Å². The van der Waals surface area contributed by atoms with Gasteiger partial charge in [0.15, 0.2) is 0 Å². The third kappa shape index (κ3) is 4.19. The Morgan fingerprint density at radius 2 is 1.78 bits per heavy atom. The second kappa shape index (κ2) is 7.58. The summed E-state index contributed by atoms with van der Waals surface area (Å²) in [5.74, 6) is -1.50. The predicted octanol–water partition coefficient (Wildman–Crippen LogP) is 4.29. The lowest BCUT2D eigenvalue weighted by molar-refractivity contribution is 0.0692. The molecule has 0 unspecified atom stereocenters. The second-order valence-electron chi connectivity index (χ2n) is 5.56. The van der Waals surface area contributed by atoms with Crippen LogP contribution in [0.5, 0.6) is 0 Å². The summed E-state index contributed by atoms with van der Waals surface area (Å²) >= 11 is 0. The number of aromatic carboxylic acids is 1. The van der Waals surface area contributed by atoms with E-state index in [1.807, 2.05) is 24.3 Å². The Bertz CT molecular complexity index is 705. The van der Waals surface area contributed by atoms with Crippen LogP contribution < -0.4 is 5.32 Å². The van der Waals surface area contributed by atoms with Crippen LogP contribution in [0.25, 0.3) is 0 Å². The molecule has 0 saturated carbocycles. The molecule has 0 aliphatic rings. The fraction of sp³-hybridized carbons (Fsp3) is 0.263. The van der Waals surface area contributed by atoms with Gasteiger partial charge in [-0.25, -0.2) is 4.79 Å². The lowest BCUT2D eigenvalue weighted by Crippen LogP contribution is -2.18.